The molecule has 0 aromatic heterocycles. The normalized spacial score (nSPS) is 30.1. The summed E-state index contributed by atoms with van der Waals surface area (Å²) in [5, 5.41) is -0.00130. The third-order valence-electron chi connectivity index (χ3n) is 2.48. The lowest BCUT2D eigenvalue weighted by atomic mass is 9.95. The molecule has 0 saturated carbocycles. The molecule has 1 rings (SSSR count). The minimum absolute atomic E-state index is 0.00130. The zero-order valence-electron chi connectivity index (χ0n) is 11.2. The van der Waals surface area contributed by atoms with Gasteiger partial charge in [0.25, 0.3) is 0 Å². The number of ether oxygens (including phenoxy) is 2. The van der Waals surface area contributed by atoms with Crippen molar-refractivity contribution in [2.75, 3.05) is 13.2 Å². The Hall–Kier alpha value is 0.0700. The van der Waals surface area contributed by atoms with Crippen LogP contribution in [0.1, 0.15) is 41.5 Å². The lowest BCUT2D eigenvalue weighted by Gasteiger charge is -2.38. The Bertz CT molecular complexity index is 254. The molecule has 0 amide bonds. The van der Waals surface area contributed by atoms with Gasteiger partial charge in [0.15, 0.2) is 6.29 Å². The van der Waals surface area contributed by atoms with Crippen LogP contribution in [0.2, 0.25) is 0 Å². The predicted molar refractivity (Wildman–Crippen MR) is 66.8 cm³/mol. The molecule has 0 aliphatic carbocycles. The molecule has 1 atom stereocenters. The van der Waals surface area contributed by atoms with Crippen LogP contribution < -0.4 is 0 Å². The maximum Gasteiger partial charge on any atom is 0.162 e. The monoisotopic (exact) mass is 248 g/mol. The standard InChI is InChI=1S/C12H24O3S/c1-11(2,3)10-14-7-9(8-15-10)16(13)12(4,5)6/h9-10H,7-8H2,1-6H3. The summed E-state index contributed by atoms with van der Waals surface area (Å²) < 4.78 is 23.2. The van der Waals surface area contributed by atoms with Gasteiger partial charge in [-0.2, -0.15) is 0 Å². The Morgan fingerprint density at radius 2 is 1.44 bits per heavy atom. The van der Waals surface area contributed by atoms with E-state index in [4.69, 9.17) is 9.47 Å². The average molecular weight is 248 g/mol. The van der Waals surface area contributed by atoms with Gasteiger partial charge in [-0.1, -0.05) is 20.8 Å². The molecule has 0 aromatic rings. The van der Waals surface area contributed by atoms with Crippen LogP contribution in [0.5, 0.6) is 0 Å². The van der Waals surface area contributed by atoms with Gasteiger partial charge in [-0.25, -0.2) is 0 Å². The summed E-state index contributed by atoms with van der Waals surface area (Å²) in [6, 6.07) is 0. The molecule has 3 nitrogen and oxygen atoms in total. The molecule has 1 saturated heterocycles. The first-order chi connectivity index (χ1) is 7.12. The molecule has 96 valence electrons. The van der Waals surface area contributed by atoms with Gasteiger partial charge in [0.05, 0.1) is 18.5 Å². The molecular formula is C12H24O3S. The van der Waals surface area contributed by atoms with Crippen molar-refractivity contribution in [3.05, 3.63) is 0 Å². The first-order valence-corrected chi connectivity index (χ1v) is 6.97. The zero-order chi connectivity index (χ0) is 12.6. The smallest absolute Gasteiger partial charge is 0.162 e. The summed E-state index contributed by atoms with van der Waals surface area (Å²) in [5.41, 5.74) is -0.0196. The number of hydrogen-bond donors (Lipinski definition) is 0. The van der Waals surface area contributed by atoms with Crippen LogP contribution in [-0.2, 0) is 20.3 Å². The van der Waals surface area contributed by atoms with Crippen molar-refractivity contribution in [1.29, 1.82) is 0 Å². The summed E-state index contributed by atoms with van der Waals surface area (Å²) in [7, 11) is -0.915. The minimum Gasteiger partial charge on any atom is -0.351 e. The molecular weight excluding hydrogens is 224 g/mol. The van der Waals surface area contributed by atoms with Crippen LogP contribution in [0.4, 0.5) is 0 Å². The van der Waals surface area contributed by atoms with Gasteiger partial charge in [-0.3, -0.25) is 4.21 Å². The fraction of sp³-hybridized carbons (Fsp3) is 1.00. The van der Waals surface area contributed by atoms with Crippen molar-refractivity contribution < 1.29 is 13.7 Å². The van der Waals surface area contributed by atoms with Crippen LogP contribution in [-0.4, -0.2) is 33.7 Å². The molecule has 0 radical (unpaired) electrons. The van der Waals surface area contributed by atoms with E-state index in [-0.39, 0.29) is 21.7 Å². The Morgan fingerprint density at radius 1 is 1.00 bits per heavy atom. The van der Waals surface area contributed by atoms with Gasteiger partial charge < -0.3 is 9.47 Å². The van der Waals surface area contributed by atoms with E-state index < -0.39 is 10.8 Å². The topological polar surface area (TPSA) is 35.5 Å². The van der Waals surface area contributed by atoms with Crippen molar-refractivity contribution >= 4 is 10.8 Å². The highest BCUT2D eigenvalue weighted by molar-refractivity contribution is 7.87. The molecule has 1 aliphatic heterocycles. The fourth-order valence-corrected chi connectivity index (χ4v) is 3.01. The number of hydrogen-bond acceptors (Lipinski definition) is 3. The maximum atomic E-state index is 12.1. The third-order valence-corrected chi connectivity index (χ3v) is 4.57. The highest BCUT2D eigenvalue weighted by Crippen LogP contribution is 2.28. The predicted octanol–water partition coefficient (Wildman–Crippen LogP) is 2.32. The highest BCUT2D eigenvalue weighted by Gasteiger charge is 2.36. The summed E-state index contributed by atoms with van der Waals surface area (Å²) in [6.07, 6.45) is -0.180. The summed E-state index contributed by atoms with van der Waals surface area (Å²) in [6.45, 7) is 13.3. The van der Waals surface area contributed by atoms with Crippen LogP contribution >= 0.6 is 0 Å². The van der Waals surface area contributed by atoms with Gasteiger partial charge in [-0.15, -0.1) is 0 Å². The molecule has 4 heteroatoms. The fourth-order valence-electron chi connectivity index (χ4n) is 1.61. The Kier molecular flexibility index (Phi) is 4.19. The van der Waals surface area contributed by atoms with Gasteiger partial charge in [0.2, 0.25) is 0 Å². The summed E-state index contributed by atoms with van der Waals surface area (Å²) in [5.74, 6) is 0. The first-order valence-electron chi connectivity index (χ1n) is 5.76. The zero-order valence-corrected chi connectivity index (χ0v) is 12.0. The van der Waals surface area contributed by atoms with E-state index in [9.17, 15) is 4.21 Å². The molecule has 1 heterocycles. The van der Waals surface area contributed by atoms with E-state index >= 15 is 0 Å². The van der Waals surface area contributed by atoms with E-state index in [0.29, 0.717) is 13.2 Å². The van der Waals surface area contributed by atoms with Gasteiger partial charge in [0.1, 0.15) is 0 Å². The molecule has 0 bridgehead atoms. The largest absolute Gasteiger partial charge is 0.351 e. The minimum atomic E-state index is -0.915. The van der Waals surface area contributed by atoms with Crippen LogP contribution in [0.15, 0.2) is 0 Å². The van der Waals surface area contributed by atoms with Crippen LogP contribution in [0.25, 0.3) is 0 Å². The first kappa shape index (κ1) is 14.1. The van der Waals surface area contributed by atoms with Crippen molar-refractivity contribution in [2.24, 2.45) is 5.41 Å². The van der Waals surface area contributed by atoms with Crippen LogP contribution in [0, 0.1) is 5.41 Å². The molecule has 16 heavy (non-hydrogen) atoms. The second-order valence-electron chi connectivity index (χ2n) is 6.40. The maximum absolute atomic E-state index is 12.1. The van der Waals surface area contributed by atoms with E-state index in [1.807, 2.05) is 20.8 Å². The molecule has 0 N–H and O–H groups in total. The summed E-state index contributed by atoms with van der Waals surface area (Å²) >= 11 is 0. The van der Waals surface area contributed by atoms with E-state index in [1.54, 1.807) is 0 Å². The Labute approximate surface area is 101 Å². The second-order valence-corrected chi connectivity index (χ2v) is 8.88. The van der Waals surface area contributed by atoms with Crippen molar-refractivity contribution in [3.63, 3.8) is 0 Å². The second kappa shape index (κ2) is 4.75. The Balaban J connectivity index is 2.53. The van der Waals surface area contributed by atoms with Gasteiger partial charge >= 0.3 is 0 Å². The van der Waals surface area contributed by atoms with Gasteiger partial charge in [-0.05, 0) is 20.8 Å². The number of rotatable bonds is 1. The molecule has 0 spiro atoms. The van der Waals surface area contributed by atoms with E-state index in [0.717, 1.165) is 0 Å². The molecule has 1 unspecified atom stereocenters. The van der Waals surface area contributed by atoms with Crippen LogP contribution in [0.3, 0.4) is 0 Å². The van der Waals surface area contributed by atoms with Crippen molar-refractivity contribution in [1.82, 2.24) is 0 Å². The lowest BCUT2D eigenvalue weighted by molar-refractivity contribution is -0.222. The van der Waals surface area contributed by atoms with Gasteiger partial charge in [0, 0.05) is 21.0 Å². The quantitative estimate of drug-likeness (QED) is 0.714. The molecule has 0 aromatic carbocycles. The summed E-state index contributed by atoms with van der Waals surface area (Å²) in [4.78, 5) is 0. The van der Waals surface area contributed by atoms with Crippen molar-refractivity contribution in [3.8, 4) is 0 Å². The lowest BCUT2D eigenvalue weighted by Crippen LogP contribution is -2.46. The highest BCUT2D eigenvalue weighted by atomic mass is 32.2. The molecule has 1 aliphatic rings. The van der Waals surface area contributed by atoms with E-state index in [2.05, 4.69) is 20.8 Å². The molecule has 1 fully saturated rings. The third kappa shape index (κ3) is 3.54. The SMILES string of the molecule is CC(C)(C)C1OCC(S(=O)C(C)(C)C)CO1. The van der Waals surface area contributed by atoms with E-state index in [1.165, 1.54) is 0 Å². The Morgan fingerprint density at radius 3 is 1.75 bits per heavy atom. The average Bonchev–Trinajstić information content (AvgIpc) is 2.14. The van der Waals surface area contributed by atoms with Crippen molar-refractivity contribution in [2.45, 2.75) is 57.8 Å².